The molecular weight excluding hydrogens is 893 g/mol. The molecule has 8 heteroatoms. The zero-order valence-electron chi connectivity index (χ0n) is 41.5. The summed E-state index contributed by atoms with van der Waals surface area (Å²) in [7, 11) is 0. The van der Waals surface area contributed by atoms with Gasteiger partial charge in [0.25, 0.3) is 0 Å². The number of hydrogen-bond acceptors (Lipinski definition) is 8. The van der Waals surface area contributed by atoms with Crippen molar-refractivity contribution in [1.82, 2.24) is 0 Å². The van der Waals surface area contributed by atoms with Crippen molar-refractivity contribution in [2.75, 3.05) is 23.0 Å². The van der Waals surface area contributed by atoms with Crippen molar-refractivity contribution in [3.05, 3.63) is 262 Å². The average Bonchev–Trinajstić information content (AvgIpc) is 3.41. The molecule has 0 bridgehead atoms. The van der Waals surface area contributed by atoms with Gasteiger partial charge >= 0.3 is 11.9 Å². The molecule has 0 atom stereocenters. The maximum absolute atomic E-state index is 13.2. The van der Waals surface area contributed by atoms with Crippen LogP contribution < -0.4 is 9.80 Å². The van der Waals surface area contributed by atoms with Gasteiger partial charge in [0.15, 0.2) is 0 Å². The predicted molar refractivity (Wildman–Crippen MR) is 292 cm³/mol. The molecule has 0 saturated carbocycles. The molecule has 0 unspecified atom stereocenters. The fourth-order valence-corrected chi connectivity index (χ4v) is 8.11. The Morgan fingerprint density at radius 3 is 0.944 bits per heavy atom. The van der Waals surface area contributed by atoms with E-state index in [0.717, 1.165) is 67.5 Å². The van der Waals surface area contributed by atoms with E-state index in [2.05, 4.69) is 160 Å². The molecule has 8 rings (SSSR count). The zero-order valence-corrected chi connectivity index (χ0v) is 41.5. The van der Waals surface area contributed by atoms with Gasteiger partial charge in [-0.15, -0.1) is 0 Å². The zero-order chi connectivity index (χ0) is 50.4. The minimum absolute atomic E-state index is 0.0960. The van der Waals surface area contributed by atoms with Crippen molar-refractivity contribution in [2.45, 2.75) is 54.1 Å². The number of nitrogens with zero attached hydrogens (tertiary/aromatic N) is 2. The summed E-state index contributed by atoms with van der Waals surface area (Å²) >= 11 is 0. The number of anilines is 6. The number of benzene rings is 8. The van der Waals surface area contributed by atoms with Gasteiger partial charge in [-0.25, -0.2) is 9.59 Å². The highest BCUT2D eigenvalue weighted by Gasteiger charge is 2.18. The predicted octanol–water partition coefficient (Wildman–Crippen LogP) is 15.6. The van der Waals surface area contributed by atoms with Gasteiger partial charge in [0.05, 0.1) is 37.6 Å². The number of ether oxygens (including phenoxy) is 4. The lowest BCUT2D eigenvalue weighted by Crippen LogP contribution is -2.15. The van der Waals surface area contributed by atoms with Gasteiger partial charge in [-0.1, -0.05) is 110 Å². The van der Waals surface area contributed by atoms with E-state index in [-0.39, 0.29) is 13.2 Å². The van der Waals surface area contributed by atoms with Crippen LogP contribution in [0.15, 0.2) is 195 Å². The summed E-state index contributed by atoms with van der Waals surface area (Å²) in [6, 6.07) is 60.3. The van der Waals surface area contributed by atoms with Crippen LogP contribution in [0.3, 0.4) is 0 Å². The standard InChI is InChI=1S/C64H60N2O6/c1-7-49-11-15-51(16-12-49)41-69-43-53-19-29-57(30-20-53)65(61-27-9-45(3)47(5)39-61)59-33-23-55(24-34-59)63(67)71-37-38-72-64(68)56-25-35-60(36-26-56)66(62-28-10-46(4)48(6)40-62)58-31-21-54(22-32-58)44-70-42-52-17-13-50(8-2)14-18-52/h7-36,39-40H,1-2,37-38,41-44H2,3-6H3. The first-order chi connectivity index (χ1) is 35.0. The highest BCUT2D eigenvalue weighted by atomic mass is 16.6. The molecule has 0 N–H and O–H groups in total. The van der Waals surface area contributed by atoms with Crippen LogP contribution in [0.1, 0.15) is 76.4 Å². The van der Waals surface area contributed by atoms with Crippen LogP contribution in [-0.4, -0.2) is 25.2 Å². The Morgan fingerprint density at radius 2 is 0.653 bits per heavy atom. The Hall–Kier alpha value is -8.30. The monoisotopic (exact) mass is 952 g/mol. The normalized spacial score (nSPS) is 10.9. The molecule has 0 radical (unpaired) electrons. The second-order valence-electron chi connectivity index (χ2n) is 17.8. The topological polar surface area (TPSA) is 77.5 Å². The van der Waals surface area contributed by atoms with E-state index in [1.54, 1.807) is 24.3 Å². The minimum Gasteiger partial charge on any atom is -0.458 e. The second-order valence-corrected chi connectivity index (χ2v) is 17.8. The molecule has 0 aliphatic carbocycles. The molecule has 0 spiro atoms. The molecule has 0 saturated heterocycles. The van der Waals surface area contributed by atoms with Gasteiger partial charge in [0, 0.05) is 34.1 Å². The fraction of sp³-hybridized carbons (Fsp3) is 0.156. The summed E-state index contributed by atoms with van der Waals surface area (Å²) in [5.74, 6) is -1.02. The summed E-state index contributed by atoms with van der Waals surface area (Å²) in [4.78, 5) is 30.7. The molecule has 0 aliphatic rings. The molecular formula is C64H60N2O6. The Morgan fingerprint density at radius 1 is 0.375 bits per heavy atom. The SMILES string of the molecule is C=Cc1ccc(COCc2ccc(N(c3ccc(C(=O)OCCOC(=O)c4ccc(N(c5ccc(COCc6ccc(C=C)cc6)cc5)c5ccc(C)c(C)c5)cc4)cc3)c3ccc(C)c(C)c3)cc2)cc1. The second kappa shape index (κ2) is 24.0. The van der Waals surface area contributed by atoms with Gasteiger partial charge < -0.3 is 28.7 Å². The van der Waals surface area contributed by atoms with Gasteiger partial charge in [-0.3, -0.25) is 0 Å². The highest BCUT2D eigenvalue weighted by Crippen LogP contribution is 2.37. The molecule has 0 amide bonds. The van der Waals surface area contributed by atoms with Crippen LogP contribution in [0.2, 0.25) is 0 Å². The number of hydrogen-bond donors (Lipinski definition) is 0. The maximum atomic E-state index is 13.2. The summed E-state index contributed by atoms with van der Waals surface area (Å²) in [5, 5.41) is 0. The Kier molecular flexibility index (Phi) is 16.7. The summed E-state index contributed by atoms with van der Waals surface area (Å²) in [6.45, 7) is 17.8. The largest absolute Gasteiger partial charge is 0.458 e. The third kappa shape index (κ3) is 12.9. The highest BCUT2D eigenvalue weighted by molar-refractivity contribution is 5.91. The third-order valence-corrected chi connectivity index (χ3v) is 12.7. The van der Waals surface area contributed by atoms with Crippen LogP contribution in [0.25, 0.3) is 12.2 Å². The molecule has 8 nitrogen and oxygen atoms in total. The van der Waals surface area contributed by atoms with Gasteiger partial charge in [0.2, 0.25) is 0 Å². The molecule has 0 aromatic heterocycles. The number of carbonyl (C=O) groups excluding carboxylic acids is 2. The number of aryl methyl sites for hydroxylation is 4. The first kappa shape index (κ1) is 50.1. The maximum Gasteiger partial charge on any atom is 0.338 e. The van der Waals surface area contributed by atoms with Crippen molar-refractivity contribution >= 4 is 58.2 Å². The molecule has 0 aliphatic heterocycles. The number of carbonyl (C=O) groups is 2. The summed E-state index contributed by atoms with van der Waals surface area (Å²) in [5.41, 5.74) is 17.6. The summed E-state index contributed by atoms with van der Waals surface area (Å²) in [6.07, 6.45) is 3.66. The molecule has 8 aromatic rings. The van der Waals surface area contributed by atoms with Gasteiger partial charge in [-0.2, -0.15) is 0 Å². The Labute approximate surface area is 424 Å². The van der Waals surface area contributed by atoms with Crippen molar-refractivity contribution in [3.8, 4) is 0 Å². The molecule has 362 valence electrons. The van der Waals surface area contributed by atoms with E-state index >= 15 is 0 Å². The first-order valence-corrected chi connectivity index (χ1v) is 24.1. The number of esters is 2. The van der Waals surface area contributed by atoms with Crippen LogP contribution in [0.4, 0.5) is 34.1 Å². The van der Waals surface area contributed by atoms with Crippen molar-refractivity contribution in [2.24, 2.45) is 0 Å². The Balaban J connectivity index is 0.859. The molecule has 0 heterocycles. The van der Waals surface area contributed by atoms with Gasteiger partial charge in [0.1, 0.15) is 13.2 Å². The van der Waals surface area contributed by atoms with Crippen molar-refractivity contribution in [3.63, 3.8) is 0 Å². The minimum atomic E-state index is -0.512. The number of rotatable bonds is 21. The van der Waals surface area contributed by atoms with Crippen LogP contribution >= 0.6 is 0 Å². The average molecular weight is 953 g/mol. The van der Waals surface area contributed by atoms with Crippen molar-refractivity contribution < 1.29 is 28.5 Å². The van der Waals surface area contributed by atoms with E-state index in [1.165, 1.54) is 22.3 Å². The van der Waals surface area contributed by atoms with Crippen LogP contribution in [0, 0.1) is 27.7 Å². The molecule has 0 fully saturated rings. The van der Waals surface area contributed by atoms with E-state index in [4.69, 9.17) is 18.9 Å². The lowest BCUT2D eigenvalue weighted by atomic mass is 10.1. The van der Waals surface area contributed by atoms with Crippen molar-refractivity contribution in [1.29, 1.82) is 0 Å². The van der Waals surface area contributed by atoms with E-state index in [0.29, 0.717) is 37.6 Å². The Bertz CT molecular complexity index is 2890. The molecule has 8 aromatic carbocycles. The van der Waals surface area contributed by atoms with E-state index < -0.39 is 11.9 Å². The third-order valence-electron chi connectivity index (χ3n) is 12.7. The fourth-order valence-electron chi connectivity index (χ4n) is 8.11. The van der Waals surface area contributed by atoms with E-state index in [9.17, 15) is 9.59 Å². The lowest BCUT2D eigenvalue weighted by Gasteiger charge is -2.26. The smallest absolute Gasteiger partial charge is 0.338 e. The quantitative estimate of drug-likeness (QED) is 0.0521. The van der Waals surface area contributed by atoms with Crippen LogP contribution in [-0.2, 0) is 45.4 Å². The summed E-state index contributed by atoms with van der Waals surface area (Å²) < 4.78 is 23.2. The van der Waals surface area contributed by atoms with Gasteiger partial charge in [-0.05, 0) is 180 Å². The van der Waals surface area contributed by atoms with Crippen LogP contribution in [0.5, 0.6) is 0 Å². The lowest BCUT2D eigenvalue weighted by molar-refractivity contribution is 0.0265. The molecule has 72 heavy (non-hydrogen) atoms. The first-order valence-electron chi connectivity index (χ1n) is 24.1. The van der Waals surface area contributed by atoms with E-state index in [1.807, 2.05) is 60.7 Å².